The van der Waals surface area contributed by atoms with E-state index in [4.69, 9.17) is 0 Å². The number of hydrogen-bond acceptors (Lipinski definition) is 5. The highest BCUT2D eigenvalue weighted by molar-refractivity contribution is 6.04. The Morgan fingerprint density at radius 2 is 1.79 bits per heavy atom. The van der Waals surface area contributed by atoms with Crippen LogP contribution in [0.25, 0.3) is 0 Å². The minimum Gasteiger partial charge on any atom is -0.347 e. The zero-order chi connectivity index (χ0) is 19.5. The predicted molar refractivity (Wildman–Crippen MR) is 100 cm³/mol. The lowest BCUT2D eigenvalue weighted by Crippen LogP contribution is -2.43. The van der Waals surface area contributed by atoms with Gasteiger partial charge in [0.25, 0.3) is 11.8 Å². The number of benzene rings is 1. The molecule has 2 aromatic rings. The normalized spacial score (nSPS) is 21.2. The standard InChI is InChI=1S/C20H22FN5O2/c21-14-3-1-13(2-4-14)11-25-19(27)17-18(24-10-9-23-17)20(28)26-15-5-6-16(26)12-22-8-7-15/h1-4,9-10,15-16,22H,5-8,11-12H2,(H,25,27). The quantitative estimate of drug-likeness (QED) is 0.836. The van der Waals surface area contributed by atoms with Gasteiger partial charge in [0, 0.05) is 37.6 Å². The van der Waals surface area contributed by atoms with E-state index in [2.05, 4.69) is 20.6 Å². The average molecular weight is 383 g/mol. The molecule has 2 unspecified atom stereocenters. The zero-order valence-corrected chi connectivity index (χ0v) is 15.4. The minimum atomic E-state index is -0.471. The topological polar surface area (TPSA) is 87.2 Å². The molecule has 2 amide bonds. The molecule has 2 bridgehead atoms. The second-order valence-corrected chi connectivity index (χ2v) is 7.15. The molecular weight excluding hydrogens is 361 g/mol. The lowest BCUT2D eigenvalue weighted by Gasteiger charge is -2.27. The van der Waals surface area contributed by atoms with E-state index in [0.29, 0.717) is 0 Å². The zero-order valence-electron chi connectivity index (χ0n) is 15.4. The maximum absolute atomic E-state index is 13.2. The summed E-state index contributed by atoms with van der Waals surface area (Å²) >= 11 is 0. The summed E-state index contributed by atoms with van der Waals surface area (Å²) in [7, 11) is 0. The van der Waals surface area contributed by atoms with Crippen molar-refractivity contribution in [3.05, 3.63) is 59.4 Å². The number of carbonyl (C=O) groups is 2. The second-order valence-electron chi connectivity index (χ2n) is 7.15. The van der Waals surface area contributed by atoms with Crippen LogP contribution >= 0.6 is 0 Å². The summed E-state index contributed by atoms with van der Waals surface area (Å²) in [6.07, 6.45) is 5.67. The van der Waals surface area contributed by atoms with Crippen molar-refractivity contribution in [2.24, 2.45) is 0 Å². The number of nitrogens with one attached hydrogen (secondary N) is 2. The van der Waals surface area contributed by atoms with Crippen LogP contribution in [0.1, 0.15) is 45.8 Å². The molecule has 0 spiro atoms. The number of rotatable bonds is 4. The van der Waals surface area contributed by atoms with Gasteiger partial charge in [0.05, 0.1) is 0 Å². The summed E-state index contributed by atoms with van der Waals surface area (Å²) in [6.45, 7) is 1.85. The molecule has 2 aliphatic heterocycles. The molecule has 4 rings (SSSR count). The molecule has 3 heterocycles. The van der Waals surface area contributed by atoms with Crippen LogP contribution < -0.4 is 10.6 Å². The van der Waals surface area contributed by atoms with E-state index in [0.717, 1.165) is 37.9 Å². The summed E-state index contributed by atoms with van der Waals surface area (Å²) in [6, 6.07) is 6.16. The van der Waals surface area contributed by atoms with E-state index in [1.165, 1.54) is 24.5 Å². The van der Waals surface area contributed by atoms with Crippen molar-refractivity contribution in [3.63, 3.8) is 0 Å². The molecule has 2 atom stereocenters. The molecule has 1 aromatic heterocycles. The summed E-state index contributed by atoms with van der Waals surface area (Å²) in [5.74, 6) is -1.05. The number of nitrogens with zero attached hydrogens (tertiary/aromatic N) is 3. The van der Waals surface area contributed by atoms with Crippen molar-refractivity contribution in [1.29, 1.82) is 0 Å². The molecule has 8 heteroatoms. The van der Waals surface area contributed by atoms with E-state index >= 15 is 0 Å². The largest absolute Gasteiger partial charge is 0.347 e. The molecule has 2 N–H and O–H groups in total. The second kappa shape index (κ2) is 8.02. The number of hydrogen-bond donors (Lipinski definition) is 2. The van der Waals surface area contributed by atoms with Crippen molar-refractivity contribution in [2.45, 2.75) is 37.9 Å². The molecule has 7 nitrogen and oxygen atoms in total. The van der Waals surface area contributed by atoms with Gasteiger partial charge in [-0.25, -0.2) is 14.4 Å². The van der Waals surface area contributed by atoms with Gasteiger partial charge in [-0.05, 0) is 43.5 Å². The van der Waals surface area contributed by atoms with E-state index in [1.807, 2.05) is 4.90 Å². The van der Waals surface area contributed by atoms with E-state index < -0.39 is 5.91 Å². The smallest absolute Gasteiger partial charge is 0.275 e. The van der Waals surface area contributed by atoms with Crippen LogP contribution in [0.4, 0.5) is 4.39 Å². The first-order chi connectivity index (χ1) is 13.6. The van der Waals surface area contributed by atoms with Crippen molar-refractivity contribution < 1.29 is 14.0 Å². The molecule has 0 aliphatic carbocycles. The Balaban J connectivity index is 1.52. The maximum Gasteiger partial charge on any atom is 0.275 e. The summed E-state index contributed by atoms with van der Waals surface area (Å²) in [4.78, 5) is 36.1. The number of carbonyl (C=O) groups excluding carboxylic acids is 2. The molecule has 2 aliphatic rings. The number of halogens is 1. The maximum atomic E-state index is 13.2. The minimum absolute atomic E-state index is 0.0196. The first-order valence-electron chi connectivity index (χ1n) is 9.50. The highest BCUT2D eigenvalue weighted by Gasteiger charge is 2.40. The Hall–Kier alpha value is -2.87. The van der Waals surface area contributed by atoms with Crippen LogP contribution in [0.2, 0.25) is 0 Å². The summed E-state index contributed by atoms with van der Waals surface area (Å²) in [5.41, 5.74) is 0.854. The van der Waals surface area contributed by atoms with Gasteiger partial charge in [0.2, 0.25) is 0 Å². The van der Waals surface area contributed by atoms with Crippen molar-refractivity contribution in [2.75, 3.05) is 13.1 Å². The van der Waals surface area contributed by atoms with Gasteiger partial charge in [-0.2, -0.15) is 0 Å². The van der Waals surface area contributed by atoms with Crippen LogP contribution in [0.3, 0.4) is 0 Å². The van der Waals surface area contributed by atoms with Gasteiger partial charge in [0.1, 0.15) is 5.82 Å². The van der Waals surface area contributed by atoms with Gasteiger partial charge in [-0.1, -0.05) is 12.1 Å². The van der Waals surface area contributed by atoms with Gasteiger partial charge in [-0.3, -0.25) is 9.59 Å². The first-order valence-corrected chi connectivity index (χ1v) is 9.50. The van der Waals surface area contributed by atoms with Crippen LogP contribution in [0.5, 0.6) is 0 Å². The van der Waals surface area contributed by atoms with Crippen molar-refractivity contribution in [1.82, 2.24) is 25.5 Å². The van der Waals surface area contributed by atoms with Crippen LogP contribution in [0.15, 0.2) is 36.7 Å². The molecule has 2 saturated heterocycles. The number of fused-ring (bicyclic) bond motifs is 2. The third-order valence-corrected chi connectivity index (χ3v) is 5.37. The SMILES string of the molecule is O=C(NCc1ccc(F)cc1)c1nccnc1C(=O)N1C2CCNCC1CC2. The Bertz CT molecular complexity index is 859. The molecule has 28 heavy (non-hydrogen) atoms. The highest BCUT2D eigenvalue weighted by Crippen LogP contribution is 2.29. The Morgan fingerprint density at radius 3 is 2.57 bits per heavy atom. The van der Waals surface area contributed by atoms with Gasteiger partial charge in [0.15, 0.2) is 11.4 Å². The third-order valence-electron chi connectivity index (χ3n) is 5.37. The number of amides is 2. The van der Waals surface area contributed by atoms with Crippen molar-refractivity contribution >= 4 is 11.8 Å². The Labute approximate surface area is 162 Å². The molecule has 0 saturated carbocycles. The summed E-state index contributed by atoms with van der Waals surface area (Å²) < 4.78 is 13.0. The Kier molecular flexibility index (Phi) is 5.29. The molecule has 2 fully saturated rings. The van der Waals surface area contributed by atoms with Gasteiger partial charge in [-0.15, -0.1) is 0 Å². The monoisotopic (exact) mass is 383 g/mol. The molecule has 0 radical (unpaired) electrons. The fourth-order valence-corrected chi connectivity index (χ4v) is 3.97. The van der Waals surface area contributed by atoms with Gasteiger partial charge >= 0.3 is 0 Å². The van der Waals surface area contributed by atoms with Crippen LogP contribution in [0, 0.1) is 5.82 Å². The molecule has 146 valence electrons. The summed E-state index contributed by atoms with van der Waals surface area (Å²) in [5, 5.41) is 6.10. The fraction of sp³-hybridized carbons (Fsp3) is 0.400. The van der Waals surface area contributed by atoms with E-state index in [9.17, 15) is 14.0 Å². The van der Waals surface area contributed by atoms with E-state index in [1.54, 1.807) is 12.1 Å². The van der Waals surface area contributed by atoms with E-state index in [-0.39, 0.29) is 41.7 Å². The fourth-order valence-electron chi connectivity index (χ4n) is 3.97. The third kappa shape index (κ3) is 3.73. The lowest BCUT2D eigenvalue weighted by atomic mass is 10.1. The predicted octanol–water partition coefficient (Wildman–Crippen LogP) is 1.51. The van der Waals surface area contributed by atoms with Crippen LogP contribution in [-0.2, 0) is 6.54 Å². The average Bonchev–Trinajstić information content (AvgIpc) is 2.99. The Morgan fingerprint density at radius 1 is 1.07 bits per heavy atom. The van der Waals surface area contributed by atoms with Gasteiger partial charge < -0.3 is 15.5 Å². The number of aromatic nitrogens is 2. The van der Waals surface area contributed by atoms with Crippen LogP contribution in [-0.4, -0.2) is 51.9 Å². The van der Waals surface area contributed by atoms with Crippen molar-refractivity contribution in [3.8, 4) is 0 Å². The highest BCUT2D eigenvalue weighted by atomic mass is 19.1. The molecule has 1 aromatic carbocycles. The molecular formula is C20H22FN5O2. The first kappa shape index (κ1) is 18.5. The lowest BCUT2D eigenvalue weighted by molar-refractivity contribution is 0.0667.